The van der Waals surface area contributed by atoms with Gasteiger partial charge < -0.3 is 15.5 Å². The molecule has 0 saturated carbocycles. The largest absolute Gasteiger partial charge is 0.339 e. The van der Waals surface area contributed by atoms with Crippen LogP contribution >= 0.6 is 0 Å². The van der Waals surface area contributed by atoms with Crippen LogP contribution < -0.4 is 5.73 Å². The number of hydrogen-bond donors (Lipinski definition) is 1. The summed E-state index contributed by atoms with van der Waals surface area (Å²) in [5.74, 6) is 0.600. The fourth-order valence-corrected chi connectivity index (χ4v) is 2.32. The van der Waals surface area contributed by atoms with E-state index in [4.69, 9.17) is 5.73 Å². The monoisotopic (exact) mass is 269 g/mol. The molecule has 5 heteroatoms. The number of carbonyl (C=O) groups excluding carboxylic acids is 2. The first-order valence-electron chi connectivity index (χ1n) is 7.27. The van der Waals surface area contributed by atoms with Crippen molar-refractivity contribution in [1.82, 2.24) is 9.80 Å². The molecule has 0 spiro atoms. The maximum absolute atomic E-state index is 12.0. The van der Waals surface area contributed by atoms with Gasteiger partial charge in [0.2, 0.25) is 11.8 Å². The van der Waals surface area contributed by atoms with Gasteiger partial charge in [0.25, 0.3) is 0 Å². The summed E-state index contributed by atoms with van der Waals surface area (Å²) in [4.78, 5) is 27.6. The van der Waals surface area contributed by atoms with E-state index in [-0.39, 0.29) is 17.9 Å². The van der Waals surface area contributed by atoms with E-state index >= 15 is 0 Å². The molecule has 1 heterocycles. The van der Waals surface area contributed by atoms with Gasteiger partial charge in [0.05, 0.1) is 6.04 Å². The van der Waals surface area contributed by atoms with Crippen molar-refractivity contribution in [3.8, 4) is 0 Å². The number of piperazine rings is 1. The van der Waals surface area contributed by atoms with E-state index in [2.05, 4.69) is 0 Å². The third-order valence-electron chi connectivity index (χ3n) is 3.44. The van der Waals surface area contributed by atoms with Crippen LogP contribution in [-0.2, 0) is 9.59 Å². The number of hydrogen-bond acceptors (Lipinski definition) is 3. The third kappa shape index (κ3) is 4.82. The van der Waals surface area contributed by atoms with E-state index in [1.54, 1.807) is 4.90 Å². The zero-order chi connectivity index (χ0) is 14.4. The number of amides is 2. The third-order valence-corrected chi connectivity index (χ3v) is 3.44. The van der Waals surface area contributed by atoms with Crippen LogP contribution in [0.15, 0.2) is 0 Å². The highest BCUT2D eigenvalue weighted by Gasteiger charge is 2.26. The molecule has 1 rings (SSSR count). The Bertz CT molecular complexity index is 310. The Hall–Kier alpha value is -1.10. The SMILES string of the molecule is CCC[C@H](N)C(=O)N1CCN(C(=O)CC(C)C)CC1. The minimum absolute atomic E-state index is 0.0257. The molecule has 2 N–H and O–H groups in total. The van der Waals surface area contributed by atoms with Gasteiger partial charge in [-0.15, -0.1) is 0 Å². The number of carbonyl (C=O) groups is 2. The zero-order valence-electron chi connectivity index (χ0n) is 12.4. The van der Waals surface area contributed by atoms with Gasteiger partial charge >= 0.3 is 0 Å². The van der Waals surface area contributed by atoms with Crippen molar-refractivity contribution in [1.29, 1.82) is 0 Å². The van der Waals surface area contributed by atoms with Gasteiger partial charge in [-0.05, 0) is 12.3 Å². The molecule has 0 aromatic carbocycles. The van der Waals surface area contributed by atoms with Gasteiger partial charge in [-0.3, -0.25) is 9.59 Å². The quantitative estimate of drug-likeness (QED) is 0.804. The second-order valence-electron chi connectivity index (χ2n) is 5.70. The zero-order valence-corrected chi connectivity index (χ0v) is 12.4. The van der Waals surface area contributed by atoms with Crippen molar-refractivity contribution in [3.63, 3.8) is 0 Å². The number of nitrogens with zero attached hydrogens (tertiary/aromatic N) is 2. The molecule has 110 valence electrons. The van der Waals surface area contributed by atoms with Gasteiger partial charge in [-0.25, -0.2) is 0 Å². The van der Waals surface area contributed by atoms with Crippen molar-refractivity contribution < 1.29 is 9.59 Å². The van der Waals surface area contributed by atoms with E-state index in [1.807, 2.05) is 25.7 Å². The highest BCUT2D eigenvalue weighted by atomic mass is 16.2. The van der Waals surface area contributed by atoms with Crippen molar-refractivity contribution in [3.05, 3.63) is 0 Å². The van der Waals surface area contributed by atoms with Gasteiger partial charge in [0, 0.05) is 32.6 Å². The molecule has 1 aliphatic rings. The first-order valence-corrected chi connectivity index (χ1v) is 7.27. The van der Waals surface area contributed by atoms with Crippen LogP contribution in [0.2, 0.25) is 0 Å². The smallest absolute Gasteiger partial charge is 0.239 e. The van der Waals surface area contributed by atoms with Crippen molar-refractivity contribution in [2.75, 3.05) is 26.2 Å². The van der Waals surface area contributed by atoms with Crippen LogP contribution in [0, 0.1) is 5.92 Å². The molecule has 0 radical (unpaired) electrons. The normalized spacial score (nSPS) is 17.7. The fraction of sp³-hybridized carbons (Fsp3) is 0.857. The average molecular weight is 269 g/mol. The van der Waals surface area contributed by atoms with Crippen LogP contribution in [0.1, 0.15) is 40.0 Å². The lowest BCUT2D eigenvalue weighted by Gasteiger charge is -2.36. The van der Waals surface area contributed by atoms with Crippen LogP contribution in [0.25, 0.3) is 0 Å². The van der Waals surface area contributed by atoms with Crippen LogP contribution in [0.4, 0.5) is 0 Å². The summed E-state index contributed by atoms with van der Waals surface area (Å²) in [6.07, 6.45) is 2.23. The van der Waals surface area contributed by atoms with Crippen LogP contribution in [-0.4, -0.2) is 53.8 Å². The molecule has 0 bridgehead atoms. The van der Waals surface area contributed by atoms with E-state index in [0.29, 0.717) is 38.5 Å². The molecule has 1 aliphatic heterocycles. The molecule has 2 amide bonds. The number of nitrogens with two attached hydrogens (primary N) is 1. The maximum Gasteiger partial charge on any atom is 0.239 e. The summed E-state index contributed by atoms with van der Waals surface area (Å²) in [6.45, 7) is 8.60. The summed E-state index contributed by atoms with van der Waals surface area (Å²) < 4.78 is 0. The summed E-state index contributed by atoms with van der Waals surface area (Å²) >= 11 is 0. The summed E-state index contributed by atoms with van der Waals surface area (Å²) in [5, 5.41) is 0. The molecule has 1 saturated heterocycles. The highest BCUT2D eigenvalue weighted by Crippen LogP contribution is 2.09. The highest BCUT2D eigenvalue weighted by molar-refractivity contribution is 5.82. The van der Waals surface area contributed by atoms with Crippen LogP contribution in [0.5, 0.6) is 0 Å². The van der Waals surface area contributed by atoms with Crippen molar-refractivity contribution in [2.24, 2.45) is 11.7 Å². The van der Waals surface area contributed by atoms with E-state index in [0.717, 1.165) is 12.8 Å². The Morgan fingerprint density at radius 3 is 2.11 bits per heavy atom. The Morgan fingerprint density at radius 1 is 1.11 bits per heavy atom. The minimum Gasteiger partial charge on any atom is -0.339 e. The summed E-state index contributed by atoms with van der Waals surface area (Å²) in [7, 11) is 0. The van der Waals surface area contributed by atoms with Gasteiger partial charge in [-0.2, -0.15) is 0 Å². The molecule has 1 atom stereocenters. The molecular weight excluding hydrogens is 242 g/mol. The van der Waals surface area contributed by atoms with Crippen LogP contribution in [0.3, 0.4) is 0 Å². The van der Waals surface area contributed by atoms with Gasteiger partial charge in [0.1, 0.15) is 0 Å². The molecule has 5 nitrogen and oxygen atoms in total. The first-order chi connectivity index (χ1) is 8.95. The lowest BCUT2D eigenvalue weighted by Crippen LogP contribution is -2.54. The lowest BCUT2D eigenvalue weighted by molar-refractivity contribution is -0.140. The predicted octanol–water partition coefficient (Wildman–Crippen LogP) is 0.831. The maximum atomic E-state index is 12.0. The van der Waals surface area contributed by atoms with Crippen molar-refractivity contribution in [2.45, 2.75) is 46.1 Å². The first kappa shape index (κ1) is 16.0. The standard InChI is InChI=1S/C14H27N3O2/c1-4-5-12(15)14(19)17-8-6-16(7-9-17)13(18)10-11(2)3/h11-12H,4-10,15H2,1-3H3/t12-/m0/s1. The summed E-state index contributed by atoms with van der Waals surface area (Å²) in [6, 6.07) is -0.386. The van der Waals surface area contributed by atoms with E-state index in [1.165, 1.54) is 0 Å². The summed E-state index contributed by atoms with van der Waals surface area (Å²) in [5.41, 5.74) is 5.85. The second kappa shape index (κ2) is 7.48. The Kier molecular flexibility index (Phi) is 6.28. The lowest BCUT2D eigenvalue weighted by atomic mass is 10.1. The number of rotatable bonds is 5. The minimum atomic E-state index is -0.386. The van der Waals surface area contributed by atoms with Gasteiger partial charge in [0.15, 0.2) is 0 Å². The molecule has 19 heavy (non-hydrogen) atoms. The molecular formula is C14H27N3O2. The Morgan fingerprint density at radius 2 is 1.63 bits per heavy atom. The Balaban J connectivity index is 2.40. The predicted molar refractivity (Wildman–Crippen MR) is 75.5 cm³/mol. The molecule has 1 fully saturated rings. The van der Waals surface area contributed by atoms with Crippen molar-refractivity contribution >= 4 is 11.8 Å². The molecule has 0 aromatic heterocycles. The topological polar surface area (TPSA) is 66.6 Å². The molecule has 0 aromatic rings. The second-order valence-corrected chi connectivity index (χ2v) is 5.70. The van der Waals surface area contributed by atoms with E-state index < -0.39 is 0 Å². The fourth-order valence-electron chi connectivity index (χ4n) is 2.32. The average Bonchev–Trinajstić information content (AvgIpc) is 2.37. The van der Waals surface area contributed by atoms with Gasteiger partial charge in [-0.1, -0.05) is 27.2 Å². The van der Waals surface area contributed by atoms with E-state index in [9.17, 15) is 9.59 Å². The Labute approximate surface area is 116 Å². The molecule has 0 unspecified atom stereocenters. The molecule has 0 aliphatic carbocycles.